The lowest BCUT2D eigenvalue weighted by atomic mass is 10.1. The second-order valence-electron chi connectivity index (χ2n) is 4.58. The number of fused-ring (bicyclic) bond motifs is 1. The summed E-state index contributed by atoms with van der Waals surface area (Å²) in [5.41, 5.74) is 2.03. The Hall–Kier alpha value is -3.02. The van der Waals surface area contributed by atoms with Crippen molar-refractivity contribution in [2.45, 2.75) is 6.92 Å². The Morgan fingerprint density at radius 3 is 2.81 bits per heavy atom. The third-order valence-corrected chi connectivity index (χ3v) is 3.24. The number of aldehydes is 1. The van der Waals surface area contributed by atoms with Crippen LogP contribution in [0.1, 0.15) is 26.5 Å². The first-order valence-electron chi connectivity index (χ1n) is 6.25. The highest BCUT2D eigenvalue weighted by Gasteiger charge is 2.16. The molecule has 0 amide bonds. The summed E-state index contributed by atoms with van der Waals surface area (Å²) < 4.78 is 1.45. The maximum atomic E-state index is 11.5. The molecule has 0 radical (unpaired) electrons. The number of rotatable bonds is 3. The normalized spacial score (nSPS) is 10.7. The molecule has 0 atom stereocenters. The van der Waals surface area contributed by atoms with Gasteiger partial charge in [0.15, 0.2) is 12.0 Å². The van der Waals surface area contributed by atoms with Gasteiger partial charge in [0.05, 0.1) is 16.8 Å². The van der Waals surface area contributed by atoms with E-state index >= 15 is 0 Å². The number of carboxylic acid groups (broad SMARTS) is 1. The van der Waals surface area contributed by atoms with Gasteiger partial charge < -0.3 is 5.11 Å². The van der Waals surface area contributed by atoms with Crippen LogP contribution in [0.15, 0.2) is 36.5 Å². The summed E-state index contributed by atoms with van der Waals surface area (Å²) in [6.45, 7) is 1.73. The highest BCUT2D eigenvalue weighted by atomic mass is 16.4. The smallest absolute Gasteiger partial charge is 0.356 e. The van der Waals surface area contributed by atoms with Gasteiger partial charge in [0.25, 0.3) is 0 Å². The van der Waals surface area contributed by atoms with Crippen LogP contribution >= 0.6 is 0 Å². The Labute approximate surface area is 119 Å². The number of benzene rings is 1. The molecule has 2 heterocycles. The van der Waals surface area contributed by atoms with Crippen LogP contribution in [0.25, 0.3) is 16.6 Å². The zero-order valence-electron chi connectivity index (χ0n) is 11.1. The van der Waals surface area contributed by atoms with Crippen molar-refractivity contribution in [3.63, 3.8) is 0 Å². The van der Waals surface area contributed by atoms with Gasteiger partial charge in [-0.3, -0.25) is 9.78 Å². The zero-order chi connectivity index (χ0) is 15.0. The van der Waals surface area contributed by atoms with E-state index in [0.29, 0.717) is 28.7 Å². The molecule has 2 aromatic heterocycles. The number of aromatic carboxylic acids is 1. The lowest BCUT2D eigenvalue weighted by Crippen LogP contribution is -2.06. The van der Waals surface area contributed by atoms with E-state index in [1.165, 1.54) is 10.7 Å². The molecule has 3 aromatic rings. The molecule has 0 spiro atoms. The summed E-state index contributed by atoms with van der Waals surface area (Å²) in [7, 11) is 0. The standard InChI is InChI=1S/C15H11N3O3/c1-9-7-12(15(20)21)17-18(9)13-5-4-10-3-2-6-16-14(10)11(13)8-19/h2-8H,1H3,(H,20,21). The highest BCUT2D eigenvalue weighted by Crippen LogP contribution is 2.23. The molecule has 0 saturated carbocycles. The number of carboxylic acids is 1. The van der Waals surface area contributed by atoms with E-state index < -0.39 is 5.97 Å². The van der Waals surface area contributed by atoms with Crippen molar-refractivity contribution in [2.75, 3.05) is 0 Å². The molecule has 0 unspecified atom stereocenters. The molecule has 0 fully saturated rings. The Kier molecular flexibility index (Phi) is 2.98. The Morgan fingerprint density at radius 1 is 1.33 bits per heavy atom. The van der Waals surface area contributed by atoms with Gasteiger partial charge in [-0.1, -0.05) is 12.1 Å². The fraction of sp³-hybridized carbons (Fsp3) is 0.0667. The summed E-state index contributed by atoms with van der Waals surface area (Å²) in [6.07, 6.45) is 2.32. The van der Waals surface area contributed by atoms with Crippen molar-refractivity contribution in [1.82, 2.24) is 14.8 Å². The lowest BCUT2D eigenvalue weighted by molar-refractivity contribution is 0.0690. The van der Waals surface area contributed by atoms with E-state index in [0.717, 1.165) is 5.39 Å². The molecule has 21 heavy (non-hydrogen) atoms. The summed E-state index contributed by atoms with van der Waals surface area (Å²) in [5, 5.41) is 13.9. The maximum Gasteiger partial charge on any atom is 0.356 e. The van der Waals surface area contributed by atoms with E-state index in [1.807, 2.05) is 12.1 Å². The van der Waals surface area contributed by atoms with E-state index in [4.69, 9.17) is 5.11 Å². The van der Waals surface area contributed by atoms with Gasteiger partial charge in [0.2, 0.25) is 0 Å². The molecule has 0 aliphatic carbocycles. The second kappa shape index (κ2) is 4.82. The molecular formula is C15H11N3O3. The van der Waals surface area contributed by atoms with Gasteiger partial charge in [-0.2, -0.15) is 5.10 Å². The molecule has 0 aliphatic rings. The van der Waals surface area contributed by atoms with Gasteiger partial charge in [-0.25, -0.2) is 9.48 Å². The Balaban J connectivity index is 2.30. The largest absolute Gasteiger partial charge is 0.476 e. The van der Waals surface area contributed by atoms with E-state index in [9.17, 15) is 9.59 Å². The van der Waals surface area contributed by atoms with Crippen LogP contribution in [0, 0.1) is 6.92 Å². The topological polar surface area (TPSA) is 85.1 Å². The van der Waals surface area contributed by atoms with Crippen LogP contribution in [-0.2, 0) is 0 Å². The number of pyridine rings is 1. The van der Waals surface area contributed by atoms with Crippen molar-refractivity contribution >= 4 is 23.2 Å². The van der Waals surface area contributed by atoms with Crippen LogP contribution in [0.3, 0.4) is 0 Å². The number of aromatic nitrogens is 3. The minimum atomic E-state index is -1.11. The van der Waals surface area contributed by atoms with E-state index in [1.54, 1.807) is 25.3 Å². The van der Waals surface area contributed by atoms with E-state index in [2.05, 4.69) is 10.1 Å². The number of hydrogen-bond acceptors (Lipinski definition) is 4. The maximum absolute atomic E-state index is 11.5. The average Bonchev–Trinajstić information content (AvgIpc) is 2.88. The number of carbonyl (C=O) groups is 2. The third-order valence-electron chi connectivity index (χ3n) is 3.24. The summed E-state index contributed by atoms with van der Waals surface area (Å²) in [5.74, 6) is -1.11. The molecule has 1 aromatic carbocycles. The molecule has 0 bridgehead atoms. The first-order chi connectivity index (χ1) is 10.1. The zero-order valence-corrected chi connectivity index (χ0v) is 11.1. The van der Waals surface area contributed by atoms with Crippen LogP contribution in [0.5, 0.6) is 0 Å². The third kappa shape index (κ3) is 2.06. The molecule has 6 heteroatoms. The Morgan fingerprint density at radius 2 is 2.14 bits per heavy atom. The van der Waals surface area contributed by atoms with E-state index in [-0.39, 0.29) is 5.69 Å². The molecule has 3 rings (SSSR count). The SMILES string of the molecule is Cc1cc(C(=O)O)nn1-c1ccc2cccnc2c1C=O. The Bertz CT molecular complexity index is 868. The minimum absolute atomic E-state index is 0.0644. The number of nitrogens with zero attached hydrogens (tertiary/aromatic N) is 3. The monoisotopic (exact) mass is 281 g/mol. The van der Waals surface area contributed by atoms with Crippen molar-refractivity contribution < 1.29 is 14.7 Å². The first kappa shape index (κ1) is 13.0. The quantitative estimate of drug-likeness (QED) is 0.744. The molecule has 0 saturated heterocycles. The average molecular weight is 281 g/mol. The highest BCUT2D eigenvalue weighted by molar-refractivity contribution is 5.99. The summed E-state index contributed by atoms with van der Waals surface area (Å²) in [6, 6.07) is 8.67. The van der Waals surface area contributed by atoms with Gasteiger partial charge in [0, 0.05) is 17.3 Å². The lowest BCUT2D eigenvalue weighted by Gasteiger charge is -2.09. The fourth-order valence-corrected chi connectivity index (χ4v) is 2.28. The van der Waals surface area contributed by atoms with Gasteiger partial charge >= 0.3 is 5.97 Å². The summed E-state index contributed by atoms with van der Waals surface area (Å²) >= 11 is 0. The predicted molar refractivity (Wildman–Crippen MR) is 75.9 cm³/mol. The molecule has 6 nitrogen and oxygen atoms in total. The van der Waals surface area contributed by atoms with Crippen molar-refractivity contribution in [3.8, 4) is 5.69 Å². The summed E-state index contributed by atoms with van der Waals surface area (Å²) in [4.78, 5) is 26.7. The van der Waals surface area contributed by atoms with Crippen molar-refractivity contribution in [1.29, 1.82) is 0 Å². The number of aryl methyl sites for hydroxylation is 1. The van der Waals surface area contributed by atoms with Crippen LogP contribution < -0.4 is 0 Å². The molecule has 0 aliphatic heterocycles. The fourth-order valence-electron chi connectivity index (χ4n) is 2.28. The van der Waals surface area contributed by atoms with Crippen molar-refractivity contribution in [2.24, 2.45) is 0 Å². The van der Waals surface area contributed by atoms with Gasteiger partial charge in [-0.05, 0) is 25.1 Å². The van der Waals surface area contributed by atoms with Crippen LogP contribution in [0.4, 0.5) is 0 Å². The predicted octanol–water partition coefficient (Wildman–Crippen LogP) is 2.24. The molecule has 1 N–H and O–H groups in total. The van der Waals surface area contributed by atoms with Gasteiger partial charge in [-0.15, -0.1) is 0 Å². The number of hydrogen-bond donors (Lipinski definition) is 1. The second-order valence-corrected chi connectivity index (χ2v) is 4.58. The van der Waals surface area contributed by atoms with Crippen LogP contribution in [-0.4, -0.2) is 32.1 Å². The number of carbonyl (C=O) groups excluding carboxylic acids is 1. The molecular weight excluding hydrogens is 270 g/mol. The van der Waals surface area contributed by atoms with Crippen molar-refractivity contribution in [3.05, 3.63) is 53.5 Å². The molecule has 104 valence electrons. The first-order valence-corrected chi connectivity index (χ1v) is 6.25. The van der Waals surface area contributed by atoms with Crippen LogP contribution in [0.2, 0.25) is 0 Å². The van der Waals surface area contributed by atoms with Gasteiger partial charge in [0.1, 0.15) is 0 Å². The minimum Gasteiger partial charge on any atom is -0.476 e.